The number of nitrogens with zero attached hydrogens (tertiary/aromatic N) is 2. The maximum absolute atomic E-state index is 14.0. The number of halogens is 2. The van der Waals surface area contributed by atoms with Crippen molar-refractivity contribution >= 4 is 28.3 Å². The Balaban J connectivity index is 2.31. The molecule has 0 atom stereocenters. The molecule has 0 amide bonds. The van der Waals surface area contributed by atoms with Crippen LogP contribution in [0.5, 0.6) is 0 Å². The molecular weight excluding hydrogens is 277 g/mol. The number of benzene rings is 2. The van der Waals surface area contributed by atoms with Gasteiger partial charge in [0.05, 0.1) is 16.1 Å². The molecule has 100 valence electrons. The standard InChI is InChI=1S/C15H11ClFN3/c1-8-4-2-7-11-12(8)14(18)20-15(19-11)9-5-3-6-10(16)13(9)17/h2-7H,1H3,(H2,18,19,20). The highest BCUT2D eigenvalue weighted by molar-refractivity contribution is 6.31. The molecule has 3 rings (SSSR count). The topological polar surface area (TPSA) is 51.8 Å². The minimum atomic E-state index is -0.541. The number of aryl methyl sites for hydroxylation is 1. The van der Waals surface area contributed by atoms with E-state index >= 15 is 0 Å². The fourth-order valence-electron chi connectivity index (χ4n) is 2.18. The van der Waals surface area contributed by atoms with Crippen LogP contribution in [-0.2, 0) is 0 Å². The molecule has 0 bridgehead atoms. The normalized spacial score (nSPS) is 10.9. The maximum atomic E-state index is 14.0. The van der Waals surface area contributed by atoms with Gasteiger partial charge in [-0.25, -0.2) is 14.4 Å². The SMILES string of the molecule is Cc1cccc2nc(-c3cccc(Cl)c3F)nc(N)c12. The molecule has 1 aromatic heterocycles. The molecule has 2 N–H and O–H groups in total. The second kappa shape index (κ2) is 4.72. The Morgan fingerprint density at radius 1 is 1.10 bits per heavy atom. The first kappa shape index (κ1) is 12.8. The van der Waals surface area contributed by atoms with Gasteiger partial charge in [-0.15, -0.1) is 0 Å². The molecule has 2 aromatic carbocycles. The molecule has 3 aromatic rings. The van der Waals surface area contributed by atoms with Crippen LogP contribution < -0.4 is 5.73 Å². The summed E-state index contributed by atoms with van der Waals surface area (Å²) in [6.07, 6.45) is 0. The van der Waals surface area contributed by atoms with Crippen LogP contribution in [-0.4, -0.2) is 9.97 Å². The van der Waals surface area contributed by atoms with Gasteiger partial charge in [-0.2, -0.15) is 0 Å². The van der Waals surface area contributed by atoms with Crippen molar-refractivity contribution in [1.82, 2.24) is 9.97 Å². The third-order valence-electron chi connectivity index (χ3n) is 3.15. The van der Waals surface area contributed by atoms with Crippen LogP contribution in [0.15, 0.2) is 36.4 Å². The van der Waals surface area contributed by atoms with Crippen molar-refractivity contribution in [1.29, 1.82) is 0 Å². The highest BCUT2D eigenvalue weighted by atomic mass is 35.5. The number of anilines is 1. The molecule has 0 saturated heterocycles. The van der Waals surface area contributed by atoms with E-state index in [1.807, 2.05) is 25.1 Å². The van der Waals surface area contributed by atoms with Gasteiger partial charge in [0, 0.05) is 5.39 Å². The van der Waals surface area contributed by atoms with Crippen LogP contribution in [0.4, 0.5) is 10.2 Å². The second-order valence-corrected chi connectivity index (χ2v) is 4.91. The first-order valence-electron chi connectivity index (χ1n) is 6.05. The zero-order valence-electron chi connectivity index (χ0n) is 10.7. The van der Waals surface area contributed by atoms with E-state index in [4.69, 9.17) is 17.3 Å². The second-order valence-electron chi connectivity index (χ2n) is 4.50. The lowest BCUT2D eigenvalue weighted by molar-refractivity contribution is 0.630. The highest BCUT2D eigenvalue weighted by Gasteiger charge is 2.14. The van der Waals surface area contributed by atoms with Crippen molar-refractivity contribution < 1.29 is 4.39 Å². The van der Waals surface area contributed by atoms with Crippen molar-refractivity contribution in [3.05, 3.63) is 52.8 Å². The molecule has 0 radical (unpaired) electrons. The van der Waals surface area contributed by atoms with Crippen molar-refractivity contribution in [2.75, 3.05) is 5.73 Å². The zero-order chi connectivity index (χ0) is 14.3. The van der Waals surface area contributed by atoms with Crippen LogP contribution >= 0.6 is 11.6 Å². The molecule has 0 unspecified atom stereocenters. The van der Waals surface area contributed by atoms with Gasteiger partial charge in [0.1, 0.15) is 5.82 Å². The molecule has 20 heavy (non-hydrogen) atoms. The lowest BCUT2D eigenvalue weighted by Gasteiger charge is -2.08. The number of nitrogen functional groups attached to an aromatic ring is 1. The molecular formula is C15H11ClFN3. The number of nitrogens with two attached hydrogens (primary N) is 1. The fourth-order valence-corrected chi connectivity index (χ4v) is 2.36. The van der Waals surface area contributed by atoms with E-state index in [0.29, 0.717) is 11.3 Å². The van der Waals surface area contributed by atoms with Gasteiger partial charge in [-0.3, -0.25) is 0 Å². The highest BCUT2D eigenvalue weighted by Crippen LogP contribution is 2.29. The number of rotatable bonds is 1. The molecule has 0 saturated carbocycles. The van der Waals surface area contributed by atoms with E-state index in [1.54, 1.807) is 12.1 Å². The van der Waals surface area contributed by atoms with E-state index in [2.05, 4.69) is 9.97 Å². The minimum absolute atomic E-state index is 0.0361. The van der Waals surface area contributed by atoms with Gasteiger partial charge >= 0.3 is 0 Å². The Kier molecular flexibility index (Phi) is 3.03. The Morgan fingerprint density at radius 2 is 1.85 bits per heavy atom. The number of aromatic nitrogens is 2. The van der Waals surface area contributed by atoms with Crippen LogP contribution in [0.3, 0.4) is 0 Å². The Morgan fingerprint density at radius 3 is 2.65 bits per heavy atom. The Hall–Kier alpha value is -2.20. The average Bonchev–Trinajstić information content (AvgIpc) is 2.41. The summed E-state index contributed by atoms with van der Waals surface area (Å²) in [5.41, 5.74) is 7.89. The van der Waals surface area contributed by atoms with E-state index in [0.717, 1.165) is 10.9 Å². The Bertz CT molecular complexity index is 818. The third-order valence-corrected chi connectivity index (χ3v) is 3.44. The molecule has 0 aliphatic heterocycles. The number of hydrogen-bond donors (Lipinski definition) is 1. The quantitative estimate of drug-likeness (QED) is 0.736. The summed E-state index contributed by atoms with van der Waals surface area (Å²) in [7, 11) is 0. The van der Waals surface area contributed by atoms with Gasteiger partial charge < -0.3 is 5.73 Å². The molecule has 3 nitrogen and oxygen atoms in total. The van der Waals surface area contributed by atoms with Crippen molar-refractivity contribution in [3.63, 3.8) is 0 Å². The molecule has 5 heteroatoms. The van der Waals surface area contributed by atoms with Gasteiger partial charge in [0.25, 0.3) is 0 Å². The average molecular weight is 288 g/mol. The number of hydrogen-bond acceptors (Lipinski definition) is 3. The monoisotopic (exact) mass is 287 g/mol. The summed E-state index contributed by atoms with van der Waals surface area (Å²) < 4.78 is 14.0. The fraction of sp³-hybridized carbons (Fsp3) is 0.0667. The predicted molar refractivity (Wildman–Crippen MR) is 79.1 cm³/mol. The van der Waals surface area contributed by atoms with Crippen LogP contribution in [0.25, 0.3) is 22.3 Å². The maximum Gasteiger partial charge on any atom is 0.165 e. The molecule has 0 aliphatic carbocycles. The molecule has 1 heterocycles. The van der Waals surface area contributed by atoms with Crippen LogP contribution in [0, 0.1) is 12.7 Å². The lowest BCUT2D eigenvalue weighted by atomic mass is 10.1. The van der Waals surface area contributed by atoms with E-state index in [9.17, 15) is 4.39 Å². The van der Waals surface area contributed by atoms with Gasteiger partial charge in [0.15, 0.2) is 11.6 Å². The molecule has 0 aliphatic rings. The van der Waals surface area contributed by atoms with E-state index < -0.39 is 5.82 Å². The van der Waals surface area contributed by atoms with Gasteiger partial charge in [-0.05, 0) is 30.7 Å². The Labute approximate surface area is 120 Å². The van der Waals surface area contributed by atoms with Crippen molar-refractivity contribution in [2.24, 2.45) is 0 Å². The van der Waals surface area contributed by atoms with Crippen molar-refractivity contribution in [2.45, 2.75) is 6.92 Å². The summed E-state index contributed by atoms with van der Waals surface area (Å²) in [5, 5.41) is 0.827. The smallest absolute Gasteiger partial charge is 0.165 e. The van der Waals surface area contributed by atoms with Crippen LogP contribution in [0.2, 0.25) is 5.02 Å². The largest absolute Gasteiger partial charge is 0.383 e. The first-order chi connectivity index (χ1) is 9.58. The van der Waals surface area contributed by atoms with Gasteiger partial charge in [-0.1, -0.05) is 29.8 Å². The van der Waals surface area contributed by atoms with E-state index in [1.165, 1.54) is 6.07 Å². The molecule has 0 spiro atoms. The third kappa shape index (κ3) is 1.98. The summed E-state index contributed by atoms with van der Waals surface area (Å²) in [4.78, 5) is 8.58. The summed E-state index contributed by atoms with van der Waals surface area (Å²) in [5.74, 6) is 0.0312. The summed E-state index contributed by atoms with van der Waals surface area (Å²) in [6.45, 7) is 1.93. The van der Waals surface area contributed by atoms with Crippen LogP contribution in [0.1, 0.15) is 5.56 Å². The predicted octanol–water partition coefficient (Wildman–Crippen LogP) is 3.98. The zero-order valence-corrected chi connectivity index (χ0v) is 11.4. The summed E-state index contributed by atoms with van der Waals surface area (Å²) in [6, 6.07) is 10.4. The lowest BCUT2D eigenvalue weighted by Crippen LogP contribution is -2.00. The first-order valence-corrected chi connectivity index (χ1v) is 6.43. The van der Waals surface area contributed by atoms with Crippen molar-refractivity contribution in [3.8, 4) is 11.4 Å². The van der Waals surface area contributed by atoms with Gasteiger partial charge in [0.2, 0.25) is 0 Å². The van der Waals surface area contributed by atoms with E-state index in [-0.39, 0.29) is 16.4 Å². The molecule has 0 fully saturated rings. The number of fused-ring (bicyclic) bond motifs is 1. The summed E-state index contributed by atoms with van der Waals surface area (Å²) >= 11 is 5.79. The minimum Gasteiger partial charge on any atom is -0.383 e.